The number of nitrogens with zero attached hydrogens (tertiary/aromatic N) is 2. The predicted molar refractivity (Wildman–Crippen MR) is 171 cm³/mol. The Bertz CT molecular complexity index is 1440. The van der Waals surface area contributed by atoms with Crippen LogP contribution in [0.5, 0.6) is 5.75 Å². The molecule has 2 aliphatic heterocycles. The van der Waals surface area contributed by atoms with Crippen LogP contribution < -0.4 is 14.4 Å². The molecule has 0 spiro atoms. The van der Waals surface area contributed by atoms with Crippen LogP contribution in [0, 0.1) is 11.8 Å². The summed E-state index contributed by atoms with van der Waals surface area (Å²) in [5, 5.41) is 0.730. The smallest absolute Gasteiger partial charge is 0.286 e. The first-order chi connectivity index (χ1) is 20.8. The van der Waals surface area contributed by atoms with E-state index in [4.69, 9.17) is 21.1 Å². The molecule has 2 amide bonds. The molecule has 0 saturated heterocycles. The van der Waals surface area contributed by atoms with Crippen molar-refractivity contribution < 1.29 is 23.3 Å². The number of fused-ring (bicyclic) bond motifs is 3. The van der Waals surface area contributed by atoms with Crippen molar-refractivity contribution in [2.75, 3.05) is 30.9 Å². The number of hydrogen-bond acceptors (Lipinski definition) is 6. The second-order valence-corrected chi connectivity index (χ2v) is 14.5. The van der Waals surface area contributed by atoms with E-state index in [1.165, 1.54) is 11.1 Å². The minimum Gasteiger partial charge on any atom is -0.491 e. The molecule has 2 aromatic rings. The number of amides is 2. The van der Waals surface area contributed by atoms with Gasteiger partial charge in [0.25, 0.3) is 5.91 Å². The van der Waals surface area contributed by atoms with Crippen molar-refractivity contribution in [3.05, 3.63) is 58.1 Å². The zero-order valence-electron chi connectivity index (χ0n) is 25.3. The summed E-state index contributed by atoms with van der Waals surface area (Å²) >= 11 is 6.42. The molecule has 2 bridgehead atoms. The van der Waals surface area contributed by atoms with Gasteiger partial charge in [0.2, 0.25) is 5.91 Å². The standard InChI is InChI=1S/C33H44ClN3O5S/c1-3-32(38)35-43(40)18-8-4-5-10-30(41-2)28-15-12-26(28)22-37-21-25-11-14-27(34)19-23(25)9-6-7-17-42-31-16-13-24(20-29(31)37)33(39)36-43/h11,13-14,16,19-20,26,28,30H,3-10,12,15,17-18,21-22H2,1-2H3,(H,35,36,38,39,40)/t26-,28+,30-,43?/m0/s1. The average molecular weight is 630 g/mol. The summed E-state index contributed by atoms with van der Waals surface area (Å²) in [5.74, 6) is 0.754. The number of rotatable bonds is 3. The van der Waals surface area contributed by atoms with Crippen molar-refractivity contribution in [1.29, 1.82) is 0 Å². The summed E-state index contributed by atoms with van der Waals surface area (Å²) in [7, 11) is -1.47. The van der Waals surface area contributed by atoms with Crippen molar-refractivity contribution >= 4 is 39.0 Å². The van der Waals surface area contributed by atoms with Crippen molar-refractivity contribution in [3.8, 4) is 5.75 Å². The van der Waals surface area contributed by atoms with Gasteiger partial charge in [0.1, 0.15) is 15.7 Å². The number of nitrogens with one attached hydrogen (secondary N) is 1. The second-order valence-electron chi connectivity index (χ2n) is 12.0. The molecule has 5 rings (SSSR count). The van der Waals surface area contributed by atoms with Gasteiger partial charge >= 0.3 is 0 Å². The first kappa shape index (κ1) is 31.8. The molecule has 8 nitrogen and oxygen atoms in total. The highest BCUT2D eigenvalue weighted by Gasteiger charge is 2.38. The van der Waals surface area contributed by atoms with Gasteiger partial charge in [-0.25, -0.2) is 4.21 Å². The van der Waals surface area contributed by atoms with Crippen LogP contribution in [0.1, 0.15) is 86.2 Å². The molecule has 43 heavy (non-hydrogen) atoms. The van der Waals surface area contributed by atoms with Crippen molar-refractivity contribution in [2.45, 2.75) is 83.8 Å². The normalized spacial score (nSPS) is 26.8. The molecule has 10 heteroatoms. The van der Waals surface area contributed by atoms with Crippen LogP contribution in [0.4, 0.5) is 5.69 Å². The van der Waals surface area contributed by atoms with Crippen LogP contribution in [0.15, 0.2) is 40.8 Å². The van der Waals surface area contributed by atoms with E-state index < -0.39 is 15.8 Å². The Hall–Kier alpha value is -2.62. The number of halogens is 1. The summed E-state index contributed by atoms with van der Waals surface area (Å²) in [6.07, 6.45) is 8.61. The quantitative estimate of drug-likeness (QED) is 0.405. The number of carbonyl (C=O) groups is 2. The van der Waals surface area contributed by atoms with Gasteiger partial charge in [0, 0.05) is 37.2 Å². The Morgan fingerprint density at radius 1 is 1.09 bits per heavy atom. The molecular weight excluding hydrogens is 586 g/mol. The lowest BCUT2D eigenvalue weighted by molar-refractivity contribution is -0.118. The fraction of sp³-hybridized carbons (Fsp3) is 0.576. The number of methoxy groups -OCH3 is 1. The van der Waals surface area contributed by atoms with Crippen LogP contribution in [-0.4, -0.2) is 48.1 Å². The first-order valence-electron chi connectivity index (χ1n) is 15.7. The summed E-state index contributed by atoms with van der Waals surface area (Å²) < 4.78 is 32.9. The highest BCUT2D eigenvalue weighted by molar-refractivity contribution is 7.92. The van der Waals surface area contributed by atoms with Crippen molar-refractivity contribution in [3.63, 3.8) is 0 Å². The maximum absolute atomic E-state index is 13.8. The molecule has 3 aliphatic rings. The summed E-state index contributed by atoms with van der Waals surface area (Å²) in [5.41, 5.74) is 3.58. The number of anilines is 1. The maximum Gasteiger partial charge on any atom is 0.286 e. The number of hydrogen-bond donors (Lipinski definition) is 1. The highest BCUT2D eigenvalue weighted by atomic mass is 35.5. The summed E-state index contributed by atoms with van der Waals surface area (Å²) in [6.45, 7) is 3.68. The van der Waals surface area contributed by atoms with E-state index in [9.17, 15) is 13.8 Å². The van der Waals surface area contributed by atoms with Gasteiger partial charge in [-0.15, -0.1) is 4.36 Å². The monoisotopic (exact) mass is 629 g/mol. The zero-order chi connectivity index (χ0) is 30.4. The van der Waals surface area contributed by atoms with Crippen molar-refractivity contribution in [2.24, 2.45) is 16.2 Å². The van der Waals surface area contributed by atoms with E-state index in [0.29, 0.717) is 42.7 Å². The average Bonchev–Trinajstić information content (AvgIpc) is 3.00. The van der Waals surface area contributed by atoms with Gasteiger partial charge in [-0.05, 0) is 98.2 Å². The molecule has 2 heterocycles. The molecule has 234 valence electrons. The van der Waals surface area contributed by atoms with Crippen LogP contribution in [0.3, 0.4) is 0 Å². The third-order valence-electron chi connectivity index (χ3n) is 9.12. The highest BCUT2D eigenvalue weighted by Crippen LogP contribution is 2.42. The maximum atomic E-state index is 13.8. The minimum atomic E-state index is -3.27. The minimum absolute atomic E-state index is 0.133. The van der Waals surface area contributed by atoms with Crippen molar-refractivity contribution in [1.82, 2.24) is 4.72 Å². The topological polar surface area (TPSA) is 97.3 Å². The Morgan fingerprint density at radius 3 is 2.72 bits per heavy atom. The Labute approximate surface area is 261 Å². The number of ether oxygens (including phenoxy) is 2. The molecule has 1 fully saturated rings. The van der Waals surface area contributed by atoms with E-state index in [0.717, 1.165) is 68.6 Å². The molecule has 0 aromatic heterocycles. The Morgan fingerprint density at radius 2 is 1.95 bits per heavy atom. The van der Waals surface area contributed by atoms with Gasteiger partial charge in [-0.1, -0.05) is 37.4 Å². The number of aryl methyl sites for hydroxylation is 1. The largest absolute Gasteiger partial charge is 0.491 e. The molecule has 4 atom stereocenters. The van der Waals surface area contributed by atoms with Crippen LogP contribution in [-0.2, 0) is 32.4 Å². The molecule has 1 N–H and O–H groups in total. The third kappa shape index (κ3) is 7.91. The van der Waals surface area contributed by atoms with Gasteiger partial charge in [0.05, 0.1) is 24.2 Å². The van der Waals surface area contributed by atoms with Gasteiger partial charge in [-0.3, -0.25) is 14.3 Å². The zero-order valence-corrected chi connectivity index (χ0v) is 26.9. The van der Waals surface area contributed by atoms with Gasteiger partial charge in [-0.2, -0.15) is 0 Å². The molecule has 1 unspecified atom stereocenters. The summed E-state index contributed by atoms with van der Waals surface area (Å²) in [6, 6.07) is 11.5. The Kier molecular flexibility index (Phi) is 10.7. The van der Waals surface area contributed by atoms with E-state index in [1.54, 1.807) is 20.1 Å². The SMILES string of the molecule is CCC(=O)NS1(=O)=NC(=O)c2ccc3c(c2)N(Cc2ccc(Cl)cc2CCCCO3)C[C@@H]2CC[C@H]2[C@@H](OC)CCCCC1. The molecular formula is C33H44ClN3O5S. The number of benzene rings is 2. The second kappa shape index (κ2) is 14.4. The van der Waals surface area contributed by atoms with Gasteiger partial charge in [0.15, 0.2) is 0 Å². The fourth-order valence-electron chi connectivity index (χ4n) is 6.53. The van der Waals surface area contributed by atoms with E-state index >= 15 is 0 Å². The van der Waals surface area contributed by atoms with Crippen LogP contribution >= 0.6 is 11.6 Å². The third-order valence-corrected chi connectivity index (χ3v) is 11.2. The lowest BCUT2D eigenvalue weighted by Gasteiger charge is -2.44. The molecule has 1 saturated carbocycles. The lowest BCUT2D eigenvalue weighted by Crippen LogP contribution is -2.44. The first-order valence-corrected chi connectivity index (χ1v) is 17.8. The van der Waals surface area contributed by atoms with Crippen LogP contribution in [0.2, 0.25) is 5.02 Å². The molecule has 1 aliphatic carbocycles. The predicted octanol–water partition coefficient (Wildman–Crippen LogP) is 6.73. The van der Waals surface area contributed by atoms with Gasteiger partial charge < -0.3 is 14.4 Å². The van der Waals surface area contributed by atoms with Crippen LogP contribution in [0.25, 0.3) is 0 Å². The van der Waals surface area contributed by atoms with E-state index in [2.05, 4.69) is 26.1 Å². The number of carbonyl (C=O) groups excluding carboxylic acids is 2. The fourth-order valence-corrected chi connectivity index (χ4v) is 8.43. The Balaban J connectivity index is 1.61. The van der Waals surface area contributed by atoms with E-state index in [-0.39, 0.29) is 24.2 Å². The molecule has 0 radical (unpaired) electrons. The van der Waals surface area contributed by atoms with E-state index in [1.807, 2.05) is 18.2 Å². The molecule has 2 aromatic carbocycles. The summed E-state index contributed by atoms with van der Waals surface area (Å²) in [4.78, 5) is 28.2. The lowest BCUT2D eigenvalue weighted by atomic mass is 9.69.